The SMILES string of the molecule is C=CCc1ccc(/C=N/N=C/c2ccc(F)cc2)cc1. The molecule has 0 atom stereocenters. The second-order valence-electron chi connectivity index (χ2n) is 4.28. The van der Waals surface area contributed by atoms with Crippen LogP contribution in [0.1, 0.15) is 16.7 Å². The maximum atomic E-state index is 12.7. The first-order valence-corrected chi connectivity index (χ1v) is 6.30. The highest BCUT2D eigenvalue weighted by Gasteiger charge is 1.91. The summed E-state index contributed by atoms with van der Waals surface area (Å²) in [5.41, 5.74) is 3.01. The highest BCUT2D eigenvalue weighted by molar-refractivity contribution is 5.82. The summed E-state index contributed by atoms with van der Waals surface area (Å²) in [6, 6.07) is 14.1. The quantitative estimate of drug-likeness (QED) is 0.444. The van der Waals surface area contributed by atoms with Crippen molar-refractivity contribution in [3.63, 3.8) is 0 Å². The van der Waals surface area contributed by atoms with Crippen molar-refractivity contribution in [1.82, 2.24) is 0 Å². The molecule has 2 aromatic rings. The first-order valence-electron chi connectivity index (χ1n) is 6.30. The first-order chi connectivity index (χ1) is 9.78. The lowest BCUT2D eigenvalue weighted by Gasteiger charge is -1.96. The summed E-state index contributed by atoms with van der Waals surface area (Å²) in [4.78, 5) is 0. The number of allylic oxidation sites excluding steroid dienone is 1. The Hall–Kier alpha value is -2.55. The lowest BCUT2D eigenvalue weighted by Crippen LogP contribution is -1.84. The molecule has 0 saturated heterocycles. The minimum atomic E-state index is -0.259. The van der Waals surface area contributed by atoms with Crippen LogP contribution in [-0.4, -0.2) is 12.4 Å². The van der Waals surface area contributed by atoms with E-state index in [2.05, 4.69) is 16.8 Å². The standard InChI is InChI=1S/C17H15FN2/c1-2-3-14-4-6-15(7-5-14)12-19-20-13-16-8-10-17(18)11-9-16/h2,4-13H,1,3H2/b19-12+,20-13+. The molecule has 0 spiro atoms. The van der Waals surface area contributed by atoms with Gasteiger partial charge in [0.25, 0.3) is 0 Å². The van der Waals surface area contributed by atoms with Gasteiger partial charge in [-0.1, -0.05) is 42.5 Å². The molecule has 2 nitrogen and oxygen atoms in total. The highest BCUT2D eigenvalue weighted by Crippen LogP contribution is 2.04. The Morgan fingerprint density at radius 3 is 1.85 bits per heavy atom. The molecule has 20 heavy (non-hydrogen) atoms. The summed E-state index contributed by atoms with van der Waals surface area (Å²) in [5, 5.41) is 7.90. The zero-order chi connectivity index (χ0) is 14.2. The summed E-state index contributed by atoms with van der Waals surface area (Å²) in [5.74, 6) is -0.259. The average molecular weight is 266 g/mol. The van der Waals surface area contributed by atoms with Gasteiger partial charge in [0.05, 0.1) is 12.4 Å². The molecule has 0 aromatic heterocycles. The van der Waals surface area contributed by atoms with Crippen LogP contribution in [0.4, 0.5) is 4.39 Å². The molecule has 0 aliphatic heterocycles. The number of hydrogen-bond acceptors (Lipinski definition) is 2. The third-order valence-corrected chi connectivity index (χ3v) is 2.71. The van der Waals surface area contributed by atoms with Crippen molar-refractivity contribution in [2.75, 3.05) is 0 Å². The van der Waals surface area contributed by atoms with E-state index in [4.69, 9.17) is 0 Å². The number of halogens is 1. The molecular formula is C17H15FN2. The van der Waals surface area contributed by atoms with Crippen molar-refractivity contribution < 1.29 is 4.39 Å². The van der Waals surface area contributed by atoms with Gasteiger partial charge in [0.15, 0.2) is 0 Å². The van der Waals surface area contributed by atoms with E-state index in [9.17, 15) is 4.39 Å². The second kappa shape index (κ2) is 7.14. The van der Waals surface area contributed by atoms with Crippen molar-refractivity contribution >= 4 is 12.4 Å². The Morgan fingerprint density at radius 1 is 0.850 bits per heavy atom. The Kier molecular flexibility index (Phi) is 4.95. The summed E-state index contributed by atoms with van der Waals surface area (Å²) in [7, 11) is 0. The van der Waals surface area contributed by atoms with Gasteiger partial charge in [0, 0.05) is 0 Å². The molecule has 0 heterocycles. The number of rotatable bonds is 5. The van der Waals surface area contributed by atoms with Gasteiger partial charge in [0.2, 0.25) is 0 Å². The minimum absolute atomic E-state index is 0.259. The average Bonchev–Trinajstić information content (AvgIpc) is 2.47. The minimum Gasteiger partial charge on any atom is -0.207 e. The van der Waals surface area contributed by atoms with Gasteiger partial charge in [-0.3, -0.25) is 0 Å². The van der Waals surface area contributed by atoms with Crippen molar-refractivity contribution in [2.45, 2.75) is 6.42 Å². The molecule has 0 bridgehead atoms. The van der Waals surface area contributed by atoms with Crippen LogP contribution in [0.2, 0.25) is 0 Å². The van der Waals surface area contributed by atoms with Crippen molar-refractivity contribution in [3.8, 4) is 0 Å². The van der Waals surface area contributed by atoms with Crippen LogP contribution in [0.5, 0.6) is 0 Å². The maximum Gasteiger partial charge on any atom is 0.123 e. The smallest absolute Gasteiger partial charge is 0.123 e. The van der Waals surface area contributed by atoms with Crippen molar-refractivity contribution in [3.05, 3.63) is 83.7 Å². The van der Waals surface area contributed by atoms with Crippen molar-refractivity contribution in [2.24, 2.45) is 10.2 Å². The van der Waals surface area contributed by atoms with E-state index in [0.29, 0.717) is 0 Å². The third kappa shape index (κ3) is 4.28. The van der Waals surface area contributed by atoms with E-state index in [1.165, 1.54) is 17.7 Å². The molecule has 100 valence electrons. The summed E-state index contributed by atoms with van der Waals surface area (Å²) in [6.45, 7) is 3.70. The lowest BCUT2D eigenvalue weighted by atomic mass is 10.1. The molecule has 0 fully saturated rings. The molecule has 0 radical (unpaired) electrons. The van der Waals surface area contributed by atoms with E-state index in [-0.39, 0.29) is 5.82 Å². The van der Waals surface area contributed by atoms with Gasteiger partial charge >= 0.3 is 0 Å². The first kappa shape index (κ1) is 13.9. The van der Waals surface area contributed by atoms with E-state index >= 15 is 0 Å². The van der Waals surface area contributed by atoms with Gasteiger partial charge in [-0.25, -0.2) is 4.39 Å². The molecule has 2 rings (SSSR count). The highest BCUT2D eigenvalue weighted by atomic mass is 19.1. The maximum absolute atomic E-state index is 12.7. The predicted octanol–water partition coefficient (Wildman–Crippen LogP) is 4.01. The fourth-order valence-electron chi connectivity index (χ4n) is 1.66. The van der Waals surface area contributed by atoms with Gasteiger partial charge in [-0.2, -0.15) is 10.2 Å². The zero-order valence-electron chi connectivity index (χ0n) is 11.0. The number of benzene rings is 2. The molecular weight excluding hydrogens is 251 g/mol. The van der Waals surface area contributed by atoms with E-state index in [1.54, 1.807) is 24.6 Å². The Labute approximate surface area is 118 Å². The largest absolute Gasteiger partial charge is 0.207 e. The van der Waals surface area contributed by atoms with Gasteiger partial charge in [-0.05, 0) is 35.2 Å². The second-order valence-corrected chi connectivity index (χ2v) is 4.28. The fourth-order valence-corrected chi connectivity index (χ4v) is 1.66. The zero-order valence-corrected chi connectivity index (χ0v) is 11.0. The summed E-state index contributed by atoms with van der Waals surface area (Å²) in [6.07, 6.45) is 6.00. The third-order valence-electron chi connectivity index (χ3n) is 2.71. The van der Waals surface area contributed by atoms with Crippen LogP contribution in [0.25, 0.3) is 0 Å². The number of nitrogens with zero attached hydrogens (tertiary/aromatic N) is 2. The number of hydrogen-bond donors (Lipinski definition) is 0. The molecule has 3 heteroatoms. The van der Waals surface area contributed by atoms with Gasteiger partial charge < -0.3 is 0 Å². The van der Waals surface area contributed by atoms with Crippen LogP contribution in [0.15, 0.2) is 71.4 Å². The summed E-state index contributed by atoms with van der Waals surface area (Å²) >= 11 is 0. The molecule has 0 aliphatic carbocycles. The Bertz CT molecular complexity index is 610. The normalized spacial score (nSPS) is 11.2. The Balaban J connectivity index is 1.95. The lowest BCUT2D eigenvalue weighted by molar-refractivity contribution is 0.628. The van der Waals surface area contributed by atoms with Gasteiger partial charge in [-0.15, -0.1) is 6.58 Å². The van der Waals surface area contributed by atoms with E-state index in [1.807, 2.05) is 30.3 Å². The molecule has 2 aromatic carbocycles. The molecule has 0 amide bonds. The monoisotopic (exact) mass is 266 g/mol. The van der Waals surface area contributed by atoms with Crippen LogP contribution in [0, 0.1) is 5.82 Å². The summed E-state index contributed by atoms with van der Waals surface area (Å²) < 4.78 is 12.7. The topological polar surface area (TPSA) is 24.7 Å². The predicted molar refractivity (Wildman–Crippen MR) is 81.9 cm³/mol. The molecule has 0 saturated carbocycles. The van der Waals surface area contributed by atoms with Crippen molar-refractivity contribution in [1.29, 1.82) is 0 Å². The fraction of sp³-hybridized carbons (Fsp3) is 0.0588. The van der Waals surface area contributed by atoms with Crippen LogP contribution in [-0.2, 0) is 6.42 Å². The van der Waals surface area contributed by atoms with Crippen LogP contribution in [0.3, 0.4) is 0 Å². The van der Waals surface area contributed by atoms with Crippen LogP contribution >= 0.6 is 0 Å². The molecule has 0 aliphatic rings. The molecule has 0 unspecified atom stereocenters. The molecule has 0 N–H and O–H groups in total. The van der Waals surface area contributed by atoms with E-state index < -0.39 is 0 Å². The van der Waals surface area contributed by atoms with Gasteiger partial charge in [0.1, 0.15) is 5.82 Å². The Morgan fingerprint density at radius 2 is 1.35 bits per heavy atom. The van der Waals surface area contributed by atoms with Crippen LogP contribution < -0.4 is 0 Å². The van der Waals surface area contributed by atoms with E-state index in [0.717, 1.165) is 17.5 Å².